The van der Waals surface area contributed by atoms with Gasteiger partial charge in [0.15, 0.2) is 0 Å². The lowest BCUT2D eigenvalue weighted by atomic mass is 10.1. The van der Waals surface area contributed by atoms with Crippen molar-refractivity contribution in [3.63, 3.8) is 0 Å². The summed E-state index contributed by atoms with van der Waals surface area (Å²) in [6.45, 7) is 6.29. The Kier molecular flexibility index (Phi) is 5.19. The van der Waals surface area contributed by atoms with Crippen LogP contribution in [0.5, 0.6) is 5.75 Å². The third-order valence-electron chi connectivity index (χ3n) is 2.52. The van der Waals surface area contributed by atoms with Crippen molar-refractivity contribution < 1.29 is 9.53 Å². The highest BCUT2D eigenvalue weighted by atomic mass is 16.5. The van der Waals surface area contributed by atoms with Gasteiger partial charge in [0.05, 0.1) is 12.7 Å². The summed E-state index contributed by atoms with van der Waals surface area (Å²) in [7, 11) is 0. The van der Waals surface area contributed by atoms with Gasteiger partial charge in [-0.1, -0.05) is 13.8 Å². The molecule has 1 aromatic rings. The van der Waals surface area contributed by atoms with Crippen LogP contribution in [-0.2, 0) is 0 Å². The van der Waals surface area contributed by atoms with E-state index in [1.54, 1.807) is 24.3 Å². The SMILES string of the molecule is CCOc1ccc(C(=O)NC(C#N)C(C)C)cc1. The zero-order chi connectivity index (χ0) is 13.5. The first-order valence-electron chi connectivity index (χ1n) is 6.01. The number of nitriles is 1. The van der Waals surface area contributed by atoms with Gasteiger partial charge in [0, 0.05) is 5.56 Å². The molecule has 0 heterocycles. The van der Waals surface area contributed by atoms with Crippen LogP contribution in [0.15, 0.2) is 24.3 Å². The van der Waals surface area contributed by atoms with E-state index >= 15 is 0 Å². The average molecular weight is 246 g/mol. The number of carbonyl (C=O) groups is 1. The molecular formula is C14H18N2O2. The number of carbonyl (C=O) groups excluding carboxylic acids is 1. The fourth-order valence-corrected chi connectivity index (χ4v) is 1.44. The summed E-state index contributed by atoms with van der Waals surface area (Å²) in [5.41, 5.74) is 0.527. The molecule has 0 fully saturated rings. The monoisotopic (exact) mass is 246 g/mol. The van der Waals surface area contributed by atoms with E-state index < -0.39 is 6.04 Å². The molecule has 4 nitrogen and oxygen atoms in total. The summed E-state index contributed by atoms with van der Waals surface area (Å²) in [6, 6.07) is 8.48. The largest absolute Gasteiger partial charge is 0.494 e. The lowest BCUT2D eigenvalue weighted by Gasteiger charge is -2.14. The number of rotatable bonds is 5. The van der Waals surface area contributed by atoms with Gasteiger partial charge in [0.2, 0.25) is 0 Å². The topological polar surface area (TPSA) is 62.1 Å². The number of benzene rings is 1. The molecule has 18 heavy (non-hydrogen) atoms. The first-order valence-corrected chi connectivity index (χ1v) is 6.01. The Balaban J connectivity index is 2.70. The third-order valence-corrected chi connectivity index (χ3v) is 2.52. The quantitative estimate of drug-likeness (QED) is 0.867. The molecule has 4 heteroatoms. The Bertz CT molecular complexity index is 432. The van der Waals surface area contributed by atoms with Crippen LogP contribution in [0.25, 0.3) is 0 Å². The van der Waals surface area contributed by atoms with Crippen LogP contribution in [0.3, 0.4) is 0 Å². The van der Waals surface area contributed by atoms with Crippen LogP contribution in [0.1, 0.15) is 31.1 Å². The van der Waals surface area contributed by atoms with Crippen molar-refractivity contribution in [2.45, 2.75) is 26.8 Å². The second-order valence-electron chi connectivity index (χ2n) is 4.28. The van der Waals surface area contributed by atoms with Gasteiger partial charge in [0.1, 0.15) is 11.8 Å². The molecule has 1 atom stereocenters. The maximum absolute atomic E-state index is 11.9. The highest BCUT2D eigenvalue weighted by Gasteiger charge is 2.16. The molecule has 0 aliphatic rings. The lowest BCUT2D eigenvalue weighted by Crippen LogP contribution is -2.37. The zero-order valence-corrected chi connectivity index (χ0v) is 10.9. The molecule has 96 valence electrons. The van der Waals surface area contributed by atoms with E-state index in [1.165, 1.54) is 0 Å². The minimum atomic E-state index is -0.468. The number of nitrogens with zero attached hydrogens (tertiary/aromatic N) is 1. The number of amides is 1. The van der Waals surface area contributed by atoms with Crippen molar-refractivity contribution in [2.75, 3.05) is 6.61 Å². The van der Waals surface area contributed by atoms with Crippen LogP contribution < -0.4 is 10.1 Å². The second kappa shape index (κ2) is 6.65. The van der Waals surface area contributed by atoms with Gasteiger partial charge < -0.3 is 10.1 Å². The Labute approximate surface area is 108 Å². The minimum absolute atomic E-state index is 0.0849. The van der Waals surface area contributed by atoms with Crippen LogP contribution in [0.2, 0.25) is 0 Å². The van der Waals surface area contributed by atoms with Gasteiger partial charge in [-0.05, 0) is 37.1 Å². The fraction of sp³-hybridized carbons (Fsp3) is 0.429. The van der Waals surface area contributed by atoms with Crippen LogP contribution in [-0.4, -0.2) is 18.6 Å². The van der Waals surface area contributed by atoms with Gasteiger partial charge in [-0.3, -0.25) is 4.79 Å². The number of nitrogens with one attached hydrogen (secondary N) is 1. The van der Waals surface area contributed by atoms with E-state index in [9.17, 15) is 4.79 Å². The molecule has 1 rings (SSSR count). The predicted octanol–water partition coefficient (Wildman–Crippen LogP) is 2.36. The van der Waals surface area contributed by atoms with E-state index in [0.29, 0.717) is 12.2 Å². The molecule has 0 aliphatic heterocycles. The van der Waals surface area contributed by atoms with E-state index in [1.807, 2.05) is 20.8 Å². The summed E-state index contributed by atoms with van der Waals surface area (Å²) in [4.78, 5) is 11.9. The molecule has 0 saturated heterocycles. The first kappa shape index (κ1) is 14.0. The van der Waals surface area contributed by atoms with Crippen LogP contribution in [0, 0.1) is 17.2 Å². The summed E-state index contributed by atoms with van der Waals surface area (Å²) < 4.78 is 5.30. The normalized spacial score (nSPS) is 11.7. The third kappa shape index (κ3) is 3.77. The molecule has 0 saturated carbocycles. The minimum Gasteiger partial charge on any atom is -0.494 e. The highest BCUT2D eigenvalue weighted by molar-refractivity contribution is 5.94. The summed E-state index contributed by atoms with van der Waals surface area (Å²) in [6.07, 6.45) is 0. The fourth-order valence-electron chi connectivity index (χ4n) is 1.44. The second-order valence-corrected chi connectivity index (χ2v) is 4.28. The summed E-state index contributed by atoms with van der Waals surface area (Å²) in [5.74, 6) is 0.578. The Morgan fingerprint density at radius 3 is 2.44 bits per heavy atom. The van der Waals surface area contributed by atoms with Crippen molar-refractivity contribution in [2.24, 2.45) is 5.92 Å². The molecule has 0 spiro atoms. The predicted molar refractivity (Wildman–Crippen MR) is 69.3 cm³/mol. The first-order chi connectivity index (χ1) is 8.58. The van der Waals surface area contributed by atoms with Gasteiger partial charge in [-0.25, -0.2) is 0 Å². The molecule has 0 aromatic heterocycles. The molecular weight excluding hydrogens is 228 g/mol. The van der Waals surface area contributed by atoms with Crippen molar-refractivity contribution in [3.8, 4) is 11.8 Å². The van der Waals surface area contributed by atoms with Crippen LogP contribution in [0.4, 0.5) is 0 Å². The van der Waals surface area contributed by atoms with Crippen molar-refractivity contribution in [1.82, 2.24) is 5.32 Å². The molecule has 1 aromatic carbocycles. The number of ether oxygens (including phenoxy) is 1. The molecule has 0 aliphatic carbocycles. The maximum Gasteiger partial charge on any atom is 0.252 e. The Morgan fingerprint density at radius 1 is 1.39 bits per heavy atom. The highest BCUT2D eigenvalue weighted by Crippen LogP contribution is 2.12. The van der Waals surface area contributed by atoms with E-state index in [4.69, 9.17) is 10.00 Å². The smallest absolute Gasteiger partial charge is 0.252 e. The Morgan fingerprint density at radius 2 is 2.00 bits per heavy atom. The van der Waals surface area contributed by atoms with Crippen LogP contribution >= 0.6 is 0 Å². The molecule has 1 amide bonds. The van der Waals surface area contributed by atoms with Gasteiger partial charge in [0.25, 0.3) is 5.91 Å². The molecule has 1 unspecified atom stereocenters. The maximum atomic E-state index is 11.9. The molecule has 1 N–H and O–H groups in total. The summed E-state index contributed by atoms with van der Waals surface area (Å²) in [5, 5.41) is 11.6. The summed E-state index contributed by atoms with van der Waals surface area (Å²) >= 11 is 0. The van der Waals surface area contributed by atoms with E-state index in [-0.39, 0.29) is 11.8 Å². The molecule has 0 bridgehead atoms. The lowest BCUT2D eigenvalue weighted by molar-refractivity contribution is 0.0937. The van der Waals surface area contributed by atoms with Crippen molar-refractivity contribution in [3.05, 3.63) is 29.8 Å². The zero-order valence-electron chi connectivity index (χ0n) is 10.9. The van der Waals surface area contributed by atoms with Crippen molar-refractivity contribution in [1.29, 1.82) is 5.26 Å². The van der Waals surface area contributed by atoms with E-state index in [2.05, 4.69) is 11.4 Å². The number of hydrogen-bond donors (Lipinski definition) is 1. The van der Waals surface area contributed by atoms with Crippen molar-refractivity contribution >= 4 is 5.91 Å². The number of hydrogen-bond acceptors (Lipinski definition) is 3. The van der Waals surface area contributed by atoms with Gasteiger partial charge >= 0.3 is 0 Å². The van der Waals surface area contributed by atoms with E-state index in [0.717, 1.165) is 5.75 Å². The molecule has 0 radical (unpaired) electrons. The standard InChI is InChI=1S/C14H18N2O2/c1-4-18-12-7-5-11(6-8-12)14(17)16-13(9-15)10(2)3/h5-8,10,13H,4H2,1-3H3,(H,16,17). The van der Waals surface area contributed by atoms with Gasteiger partial charge in [-0.2, -0.15) is 5.26 Å². The average Bonchev–Trinajstić information content (AvgIpc) is 2.36. The Hall–Kier alpha value is -2.02. The van der Waals surface area contributed by atoms with Gasteiger partial charge in [-0.15, -0.1) is 0 Å².